The van der Waals surface area contributed by atoms with E-state index >= 15 is 0 Å². The predicted octanol–water partition coefficient (Wildman–Crippen LogP) is 1.94. The van der Waals surface area contributed by atoms with Gasteiger partial charge in [-0.15, -0.1) is 0 Å². The minimum Gasteiger partial charge on any atom is -0.453 e. The lowest BCUT2D eigenvalue weighted by Crippen LogP contribution is -2.59. The van der Waals surface area contributed by atoms with Gasteiger partial charge in [0.15, 0.2) is 6.10 Å². The first kappa shape index (κ1) is 19.5. The van der Waals surface area contributed by atoms with Gasteiger partial charge >= 0.3 is 5.97 Å². The monoisotopic (exact) mass is 372 g/mol. The van der Waals surface area contributed by atoms with Gasteiger partial charge in [0.25, 0.3) is 0 Å². The van der Waals surface area contributed by atoms with E-state index in [9.17, 15) is 15.0 Å². The summed E-state index contributed by atoms with van der Waals surface area (Å²) < 4.78 is 17.2. The molecule has 2 unspecified atom stereocenters. The van der Waals surface area contributed by atoms with Crippen LogP contribution >= 0.6 is 0 Å². The number of carbonyl (C=O) groups is 1. The van der Waals surface area contributed by atoms with E-state index in [1.807, 2.05) is 36.4 Å². The quantitative estimate of drug-likeness (QED) is 0.754. The van der Waals surface area contributed by atoms with Gasteiger partial charge in [0, 0.05) is 0 Å². The summed E-state index contributed by atoms with van der Waals surface area (Å²) in [6.07, 6.45) is -4.09. The van der Waals surface area contributed by atoms with Crippen molar-refractivity contribution >= 4 is 5.97 Å². The molecule has 27 heavy (non-hydrogen) atoms. The van der Waals surface area contributed by atoms with Crippen LogP contribution in [0.3, 0.4) is 0 Å². The summed E-state index contributed by atoms with van der Waals surface area (Å²) in [6.45, 7) is 1.62. The van der Waals surface area contributed by atoms with Gasteiger partial charge in [-0.25, -0.2) is 4.79 Å². The van der Waals surface area contributed by atoms with Gasteiger partial charge in [-0.2, -0.15) is 0 Å². The lowest BCUT2D eigenvalue weighted by Gasteiger charge is -2.42. The summed E-state index contributed by atoms with van der Waals surface area (Å²) in [6, 6.07) is 18.1. The summed E-state index contributed by atoms with van der Waals surface area (Å²) in [5, 5.41) is 20.1. The van der Waals surface area contributed by atoms with Crippen LogP contribution in [0.5, 0.6) is 0 Å². The normalized spacial score (nSPS) is 27.9. The summed E-state index contributed by atoms with van der Waals surface area (Å²) >= 11 is 0. The van der Waals surface area contributed by atoms with Crippen molar-refractivity contribution in [3.05, 3.63) is 71.8 Å². The zero-order chi connectivity index (χ0) is 19.2. The molecule has 1 saturated heterocycles. The smallest absolute Gasteiger partial charge is 0.338 e. The molecule has 1 fully saturated rings. The van der Waals surface area contributed by atoms with Crippen molar-refractivity contribution < 1.29 is 29.2 Å². The first-order valence-electron chi connectivity index (χ1n) is 8.96. The molecule has 2 N–H and O–H groups in total. The van der Waals surface area contributed by atoms with E-state index < -0.39 is 36.5 Å². The van der Waals surface area contributed by atoms with Gasteiger partial charge in [-0.3, -0.25) is 0 Å². The number of hydrogen-bond donors (Lipinski definition) is 2. The second-order valence-electron chi connectivity index (χ2n) is 6.55. The van der Waals surface area contributed by atoms with Crippen LogP contribution in [0.15, 0.2) is 60.7 Å². The molecule has 6 heteroatoms. The fourth-order valence-electron chi connectivity index (χ4n) is 3.15. The van der Waals surface area contributed by atoms with Crippen molar-refractivity contribution in [2.24, 2.45) is 0 Å². The molecule has 0 saturated carbocycles. The Hall–Kier alpha value is -2.25. The molecule has 3 rings (SSSR count). The van der Waals surface area contributed by atoms with E-state index in [-0.39, 0.29) is 13.2 Å². The summed E-state index contributed by atoms with van der Waals surface area (Å²) in [4.78, 5) is 12.5. The highest BCUT2D eigenvalue weighted by atomic mass is 16.6. The van der Waals surface area contributed by atoms with Crippen molar-refractivity contribution in [3.8, 4) is 0 Å². The largest absolute Gasteiger partial charge is 0.453 e. The van der Waals surface area contributed by atoms with Gasteiger partial charge < -0.3 is 24.4 Å². The molecule has 0 bridgehead atoms. The molecule has 0 aliphatic carbocycles. The summed E-state index contributed by atoms with van der Waals surface area (Å²) in [5.41, 5.74) is 1.34. The van der Waals surface area contributed by atoms with Gasteiger partial charge in [0.05, 0.1) is 24.9 Å². The van der Waals surface area contributed by atoms with Gasteiger partial charge in [0.1, 0.15) is 18.3 Å². The van der Waals surface area contributed by atoms with Crippen molar-refractivity contribution in [3.63, 3.8) is 0 Å². The number of carbonyl (C=O) groups excluding carboxylic acids is 1. The van der Waals surface area contributed by atoms with Crippen LogP contribution in [0.4, 0.5) is 0 Å². The van der Waals surface area contributed by atoms with Crippen molar-refractivity contribution in [1.29, 1.82) is 0 Å². The molecule has 144 valence electrons. The molecule has 5 atom stereocenters. The predicted molar refractivity (Wildman–Crippen MR) is 98.1 cm³/mol. The first-order valence-corrected chi connectivity index (χ1v) is 8.96. The highest BCUT2D eigenvalue weighted by molar-refractivity contribution is 5.89. The van der Waals surface area contributed by atoms with Crippen LogP contribution in [0.2, 0.25) is 0 Å². The average molecular weight is 372 g/mol. The molecular formula is C21H24O6. The number of benzene rings is 2. The van der Waals surface area contributed by atoms with Crippen molar-refractivity contribution in [2.75, 3.05) is 6.61 Å². The maximum atomic E-state index is 12.5. The number of hydrogen-bond acceptors (Lipinski definition) is 6. The maximum Gasteiger partial charge on any atom is 0.338 e. The average Bonchev–Trinajstić information content (AvgIpc) is 2.71. The fraction of sp³-hybridized carbons (Fsp3) is 0.381. The van der Waals surface area contributed by atoms with E-state index in [0.29, 0.717) is 5.56 Å². The van der Waals surface area contributed by atoms with Gasteiger partial charge in [0.2, 0.25) is 0 Å². The number of ether oxygens (including phenoxy) is 3. The van der Waals surface area contributed by atoms with Gasteiger partial charge in [-0.05, 0) is 24.6 Å². The Morgan fingerprint density at radius 3 is 2.30 bits per heavy atom. The molecule has 0 spiro atoms. The maximum absolute atomic E-state index is 12.5. The Morgan fingerprint density at radius 2 is 1.67 bits per heavy atom. The van der Waals surface area contributed by atoms with E-state index in [2.05, 4.69) is 0 Å². The SMILES string of the molecule is C[C@@H]1OC(CO)[C@H](O)[C@@H](OCc2ccccc2)C1OC(=O)c1ccccc1. The van der Waals surface area contributed by atoms with E-state index in [0.717, 1.165) is 5.56 Å². The summed E-state index contributed by atoms with van der Waals surface area (Å²) in [7, 11) is 0. The molecule has 1 aliphatic rings. The highest BCUT2D eigenvalue weighted by Gasteiger charge is 2.46. The molecular weight excluding hydrogens is 348 g/mol. The zero-order valence-corrected chi connectivity index (χ0v) is 15.1. The van der Waals surface area contributed by atoms with Crippen LogP contribution in [0.1, 0.15) is 22.8 Å². The number of esters is 1. The molecule has 2 aromatic carbocycles. The fourth-order valence-corrected chi connectivity index (χ4v) is 3.15. The minimum absolute atomic E-state index is 0.243. The highest BCUT2D eigenvalue weighted by Crippen LogP contribution is 2.27. The van der Waals surface area contributed by atoms with E-state index in [4.69, 9.17) is 14.2 Å². The lowest BCUT2D eigenvalue weighted by molar-refractivity contribution is -0.239. The van der Waals surface area contributed by atoms with Crippen molar-refractivity contribution in [1.82, 2.24) is 0 Å². The molecule has 0 amide bonds. The van der Waals surface area contributed by atoms with Crippen LogP contribution in [0.25, 0.3) is 0 Å². The second kappa shape index (κ2) is 9.10. The number of aliphatic hydroxyl groups excluding tert-OH is 2. The second-order valence-corrected chi connectivity index (χ2v) is 6.55. The van der Waals surface area contributed by atoms with Crippen LogP contribution in [0, 0.1) is 0 Å². The minimum atomic E-state index is -1.12. The first-order chi connectivity index (χ1) is 13.1. The zero-order valence-electron chi connectivity index (χ0n) is 15.1. The summed E-state index contributed by atoms with van der Waals surface area (Å²) in [5.74, 6) is -0.515. The molecule has 2 aromatic rings. The Morgan fingerprint density at radius 1 is 1.04 bits per heavy atom. The standard InChI is InChI=1S/C21H24O6/c1-14-19(27-21(24)16-10-6-3-7-11-16)20(18(23)17(12-22)26-14)25-13-15-8-4-2-5-9-15/h2-11,14,17-20,22-23H,12-13H2,1H3/t14-,17?,18-,19?,20+/m0/s1. The molecule has 1 aliphatic heterocycles. The van der Waals surface area contributed by atoms with Gasteiger partial charge in [-0.1, -0.05) is 48.5 Å². The third kappa shape index (κ3) is 4.73. The number of aliphatic hydroxyl groups is 2. The lowest BCUT2D eigenvalue weighted by atomic mass is 9.95. The Bertz CT molecular complexity index is 720. The molecule has 0 aromatic heterocycles. The van der Waals surface area contributed by atoms with Crippen molar-refractivity contribution in [2.45, 2.75) is 44.1 Å². The molecule has 6 nitrogen and oxygen atoms in total. The Balaban J connectivity index is 1.76. The third-order valence-corrected chi connectivity index (χ3v) is 4.61. The Kier molecular flexibility index (Phi) is 6.58. The van der Waals surface area contributed by atoms with E-state index in [1.165, 1.54) is 0 Å². The van der Waals surface area contributed by atoms with Crippen LogP contribution in [-0.2, 0) is 20.8 Å². The third-order valence-electron chi connectivity index (χ3n) is 4.61. The Labute approximate surface area is 158 Å². The molecule has 0 radical (unpaired) electrons. The molecule has 1 heterocycles. The van der Waals surface area contributed by atoms with Crippen LogP contribution in [-0.4, -0.2) is 53.3 Å². The topological polar surface area (TPSA) is 85.2 Å². The number of rotatable bonds is 6. The van der Waals surface area contributed by atoms with Crippen LogP contribution < -0.4 is 0 Å². The van der Waals surface area contributed by atoms with E-state index in [1.54, 1.807) is 31.2 Å².